The molecule has 0 unspecified atom stereocenters. The Labute approximate surface area is 178 Å². The van der Waals surface area contributed by atoms with Crippen molar-refractivity contribution in [3.8, 4) is 5.75 Å². The van der Waals surface area contributed by atoms with Gasteiger partial charge in [-0.25, -0.2) is 4.39 Å². The fourth-order valence-corrected chi connectivity index (χ4v) is 4.57. The van der Waals surface area contributed by atoms with Crippen molar-refractivity contribution in [3.05, 3.63) is 93.4 Å². The predicted octanol–water partition coefficient (Wildman–Crippen LogP) is 3.60. The smallest absolute Gasteiger partial charge is 0.253 e. The summed E-state index contributed by atoms with van der Waals surface area (Å²) < 4.78 is 21.0. The molecule has 2 aromatic heterocycles. The first-order chi connectivity index (χ1) is 14.9. The number of carbonyl (C=O) groups is 1. The number of rotatable bonds is 3. The number of pyridine rings is 2. The minimum atomic E-state index is -1.07. The molecule has 31 heavy (non-hydrogen) atoms. The van der Waals surface area contributed by atoms with E-state index in [0.717, 1.165) is 19.3 Å². The number of amides is 1. The second-order valence-corrected chi connectivity index (χ2v) is 8.43. The number of nitrogens with one attached hydrogen (secondary N) is 2. The standard InChI is InChI=1S/C24H22FN3O3/c1-15-5-7-17(12-18(15)25)24(28-22(30)16-6-8-20(29)27-13-16)14-23(9-3-10-23)31-19-4-2-11-26-21(19)24/h2,4-8,11-13H,3,9-10,14H2,1H3,(H,27,29)(H,28,30)/t24-/m0/s1. The van der Waals surface area contributed by atoms with Gasteiger partial charge in [-0.05, 0) is 61.6 Å². The van der Waals surface area contributed by atoms with Crippen LogP contribution in [0.25, 0.3) is 0 Å². The maximum Gasteiger partial charge on any atom is 0.253 e. The van der Waals surface area contributed by atoms with E-state index in [2.05, 4.69) is 15.3 Å². The van der Waals surface area contributed by atoms with Gasteiger partial charge in [-0.15, -0.1) is 0 Å². The molecule has 1 saturated carbocycles. The first-order valence-corrected chi connectivity index (χ1v) is 10.3. The number of nitrogens with zero attached hydrogens (tertiary/aromatic N) is 1. The monoisotopic (exact) mass is 419 g/mol. The van der Waals surface area contributed by atoms with Crippen molar-refractivity contribution >= 4 is 5.91 Å². The Bertz CT molecular complexity index is 1210. The number of aromatic amines is 1. The number of aromatic nitrogens is 2. The van der Waals surface area contributed by atoms with Crippen molar-refractivity contribution in [1.82, 2.24) is 15.3 Å². The lowest BCUT2D eigenvalue weighted by Gasteiger charge is -2.52. The van der Waals surface area contributed by atoms with Gasteiger partial charge in [0, 0.05) is 24.9 Å². The molecule has 6 nitrogen and oxygen atoms in total. The van der Waals surface area contributed by atoms with Crippen LogP contribution in [0.5, 0.6) is 5.75 Å². The first kappa shape index (κ1) is 19.5. The van der Waals surface area contributed by atoms with Crippen molar-refractivity contribution in [1.29, 1.82) is 0 Å². The predicted molar refractivity (Wildman–Crippen MR) is 113 cm³/mol. The van der Waals surface area contributed by atoms with Crippen LogP contribution in [0, 0.1) is 12.7 Å². The Morgan fingerprint density at radius 2 is 2.06 bits per heavy atom. The Balaban J connectivity index is 1.69. The van der Waals surface area contributed by atoms with E-state index in [9.17, 15) is 14.0 Å². The first-order valence-electron chi connectivity index (χ1n) is 10.3. The lowest BCUT2D eigenvalue weighted by atomic mass is 9.66. The number of aryl methyl sites for hydroxylation is 1. The van der Waals surface area contributed by atoms with E-state index < -0.39 is 11.1 Å². The topological polar surface area (TPSA) is 84.1 Å². The summed E-state index contributed by atoms with van der Waals surface area (Å²) in [6.45, 7) is 1.70. The largest absolute Gasteiger partial charge is 0.485 e. The quantitative estimate of drug-likeness (QED) is 0.680. The highest BCUT2D eigenvalue weighted by atomic mass is 19.1. The highest BCUT2D eigenvalue weighted by molar-refractivity contribution is 5.94. The van der Waals surface area contributed by atoms with Crippen molar-refractivity contribution in [2.75, 3.05) is 0 Å². The van der Waals surface area contributed by atoms with Crippen LogP contribution in [0.1, 0.15) is 52.9 Å². The van der Waals surface area contributed by atoms with Gasteiger partial charge in [0.2, 0.25) is 5.56 Å². The van der Waals surface area contributed by atoms with Crippen LogP contribution in [0.3, 0.4) is 0 Å². The van der Waals surface area contributed by atoms with Crippen molar-refractivity contribution < 1.29 is 13.9 Å². The second kappa shape index (κ2) is 7.04. The number of carbonyl (C=O) groups excluding carboxylic acids is 1. The molecular weight excluding hydrogens is 397 g/mol. The summed E-state index contributed by atoms with van der Waals surface area (Å²) in [4.78, 5) is 31.8. The number of benzene rings is 1. The molecule has 1 amide bonds. The Morgan fingerprint density at radius 1 is 1.23 bits per heavy atom. The van der Waals surface area contributed by atoms with Gasteiger partial charge >= 0.3 is 0 Å². The highest BCUT2D eigenvalue weighted by Gasteiger charge is 2.55. The number of hydrogen-bond acceptors (Lipinski definition) is 4. The number of hydrogen-bond donors (Lipinski definition) is 2. The molecular formula is C24H22FN3O3. The Kier molecular flexibility index (Phi) is 4.43. The molecule has 1 atom stereocenters. The van der Waals surface area contributed by atoms with Gasteiger partial charge in [0.25, 0.3) is 5.91 Å². The molecule has 3 heterocycles. The second-order valence-electron chi connectivity index (χ2n) is 8.43. The summed E-state index contributed by atoms with van der Waals surface area (Å²) in [5, 5.41) is 3.14. The number of fused-ring (bicyclic) bond motifs is 1. The molecule has 1 spiro atoms. The summed E-state index contributed by atoms with van der Waals surface area (Å²) in [6.07, 6.45) is 6.20. The minimum absolute atomic E-state index is 0.293. The van der Waals surface area contributed by atoms with Gasteiger partial charge in [-0.2, -0.15) is 0 Å². The SMILES string of the molecule is Cc1ccc([C@@]2(NC(=O)c3ccc(=O)[nH]c3)CC3(CCC3)Oc3cccnc32)cc1F. The van der Waals surface area contributed by atoms with Gasteiger partial charge < -0.3 is 15.0 Å². The molecule has 2 aliphatic rings. The van der Waals surface area contributed by atoms with Crippen molar-refractivity contribution in [3.63, 3.8) is 0 Å². The average Bonchev–Trinajstić information content (AvgIpc) is 2.74. The van der Waals surface area contributed by atoms with Crippen molar-refractivity contribution in [2.24, 2.45) is 0 Å². The van der Waals surface area contributed by atoms with Crippen LogP contribution in [0.15, 0.2) is 59.7 Å². The molecule has 1 aliphatic heterocycles. The van der Waals surface area contributed by atoms with E-state index in [4.69, 9.17) is 4.74 Å². The molecule has 0 radical (unpaired) electrons. The Morgan fingerprint density at radius 3 is 2.74 bits per heavy atom. The minimum Gasteiger partial charge on any atom is -0.485 e. The maximum atomic E-state index is 14.7. The molecule has 1 fully saturated rings. The van der Waals surface area contributed by atoms with E-state index in [0.29, 0.717) is 34.6 Å². The van der Waals surface area contributed by atoms with E-state index >= 15 is 0 Å². The van der Waals surface area contributed by atoms with Gasteiger partial charge in [0.1, 0.15) is 28.4 Å². The molecule has 5 rings (SSSR count). The molecule has 2 N–H and O–H groups in total. The van der Waals surface area contributed by atoms with Crippen LogP contribution in [0.4, 0.5) is 4.39 Å². The van der Waals surface area contributed by atoms with Crippen LogP contribution in [0.2, 0.25) is 0 Å². The number of halogens is 1. The molecule has 3 aromatic rings. The highest BCUT2D eigenvalue weighted by Crippen LogP contribution is 2.53. The van der Waals surface area contributed by atoms with E-state index in [1.165, 1.54) is 24.4 Å². The molecule has 1 aromatic carbocycles. The summed E-state index contributed by atoms with van der Waals surface area (Å²) >= 11 is 0. The summed E-state index contributed by atoms with van der Waals surface area (Å²) in [5.41, 5.74) is 0.192. The normalized spacial score (nSPS) is 21.0. The van der Waals surface area contributed by atoms with Gasteiger partial charge in [-0.3, -0.25) is 14.6 Å². The molecule has 0 saturated heterocycles. The van der Waals surface area contributed by atoms with Crippen LogP contribution < -0.4 is 15.6 Å². The number of ether oxygens (including phenoxy) is 1. The molecule has 158 valence electrons. The molecule has 7 heteroatoms. The van der Waals surface area contributed by atoms with Crippen molar-refractivity contribution in [2.45, 2.75) is 43.7 Å². The Hall–Kier alpha value is -3.48. The fourth-order valence-electron chi connectivity index (χ4n) is 4.57. The number of H-pyrrole nitrogens is 1. The van der Waals surface area contributed by atoms with Gasteiger partial charge in [0.15, 0.2) is 0 Å². The van der Waals surface area contributed by atoms with Gasteiger partial charge in [-0.1, -0.05) is 12.1 Å². The summed E-state index contributed by atoms with van der Waals surface area (Å²) in [5.74, 6) is -0.136. The third kappa shape index (κ3) is 3.21. The zero-order valence-electron chi connectivity index (χ0n) is 17.1. The lowest BCUT2D eigenvalue weighted by molar-refractivity contribution is -0.0506. The third-order valence-electron chi connectivity index (χ3n) is 6.39. The van der Waals surface area contributed by atoms with E-state index in [1.807, 2.05) is 12.1 Å². The summed E-state index contributed by atoms with van der Waals surface area (Å²) in [7, 11) is 0. The van der Waals surface area contributed by atoms with E-state index in [-0.39, 0.29) is 17.3 Å². The zero-order valence-corrected chi connectivity index (χ0v) is 17.1. The molecule has 1 aliphatic carbocycles. The van der Waals surface area contributed by atoms with Crippen LogP contribution in [-0.4, -0.2) is 21.5 Å². The zero-order chi connectivity index (χ0) is 21.6. The third-order valence-corrected chi connectivity index (χ3v) is 6.39. The average molecular weight is 419 g/mol. The van der Waals surface area contributed by atoms with Crippen LogP contribution >= 0.6 is 0 Å². The maximum absolute atomic E-state index is 14.7. The molecule has 0 bridgehead atoms. The van der Waals surface area contributed by atoms with Crippen LogP contribution in [-0.2, 0) is 5.54 Å². The lowest BCUT2D eigenvalue weighted by Crippen LogP contribution is -2.59. The fraction of sp³-hybridized carbons (Fsp3) is 0.292. The van der Waals surface area contributed by atoms with Gasteiger partial charge in [0.05, 0.1) is 5.56 Å². The summed E-state index contributed by atoms with van der Waals surface area (Å²) in [6, 6.07) is 11.4. The van der Waals surface area contributed by atoms with E-state index in [1.54, 1.807) is 25.3 Å².